The van der Waals surface area contributed by atoms with E-state index in [0.717, 1.165) is 30.9 Å². The molecule has 11 heteroatoms. The number of nitrogens with zero attached hydrogens (tertiary/aromatic N) is 3. The Balaban J connectivity index is 2.29. The molecular weight excluding hydrogens is 526 g/mol. The Bertz CT molecular complexity index is 1540. The van der Waals surface area contributed by atoms with E-state index in [9.17, 15) is 25.9 Å². The van der Waals surface area contributed by atoms with Crippen molar-refractivity contribution in [1.29, 1.82) is 0 Å². The van der Waals surface area contributed by atoms with E-state index in [1.54, 1.807) is 31.2 Å². The van der Waals surface area contributed by atoms with Crippen molar-refractivity contribution in [3.8, 4) is 0 Å². The van der Waals surface area contributed by atoms with Gasteiger partial charge in [0.25, 0.3) is 20.2 Å². The van der Waals surface area contributed by atoms with Crippen molar-refractivity contribution in [2.24, 2.45) is 9.98 Å². The van der Waals surface area contributed by atoms with E-state index in [2.05, 4.69) is 14.9 Å². The molecule has 0 saturated carbocycles. The maximum absolute atomic E-state index is 12.4. The molecule has 0 unspecified atom stereocenters. The first-order valence-corrected chi connectivity index (χ1v) is 14.9. The molecule has 0 heterocycles. The van der Waals surface area contributed by atoms with E-state index in [0.29, 0.717) is 34.8 Å². The molecule has 1 aliphatic rings. The first-order valence-electron chi connectivity index (χ1n) is 12.0. The van der Waals surface area contributed by atoms with Crippen LogP contribution < -0.4 is 4.90 Å². The smallest absolute Gasteiger partial charge is 0.295 e. The highest BCUT2D eigenvalue weighted by atomic mass is 32.2. The maximum atomic E-state index is 12.4. The van der Waals surface area contributed by atoms with Crippen molar-refractivity contribution < 1.29 is 25.9 Å². The van der Waals surface area contributed by atoms with Gasteiger partial charge in [0.1, 0.15) is 10.7 Å². The zero-order valence-corrected chi connectivity index (χ0v) is 23.3. The third kappa shape index (κ3) is 6.93. The molecule has 0 atom stereocenters. The van der Waals surface area contributed by atoms with Gasteiger partial charge in [-0.05, 0) is 80.8 Å². The van der Waals surface area contributed by atoms with Crippen LogP contribution in [0.15, 0.2) is 92.1 Å². The van der Waals surface area contributed by atoms with Crippen LogP contribution in [0.3, 0.4) is 0 Å². The third-order valence-corrected chi connectivity index (χ3v) is 7.66. The van der Waals surface area contributed by atoms with Gasteiger partial charge in [-0.2, -0.15) is 16.8 Å². The molecule has 1 aliphatic carbocycles. The quantitative estimate of drug-likeness (QED) is 0.269. The first kappa shape index (κ1) is 29.2. The van der Waals surface area contributed by atoms with E-state index >= 15 is 0 Å². The second kappa shape index (κ2) is 12.0. The summed E-state index contributed by atoms with van der Waals surface area (Å²) < 4.78 is 67.7. The molecule has 38 heavy (non-hydrogen) atoms. The minimum atomic E-state index is -4.88. The Hall–Kier alpha value is -3.38. The van der Waals surface area contributed by atoms with Crippen LogP contribution in [-0.4, -0.2) is 57.1 Å². The molecule has 0 radical (unpaired) electrons. The molecule has 3 rings (SSSR count). The fourth-order valence-corrected chi connectivity index (χ4v) is 5.45. The summed E-state index contributed by atoms with van der Waals surface area (Å²) in [7, 11) is -9.59. The lowest BCUT2D eigenvalue weighted by atomic mass is 9.90. The standard InChI is InChI=1S/C27H31N3O6S2/c1-5-28-19(4)29-22-12-8-20(9-13-22)27(21-10-14-23(15-11-21)30(6-2)7-3)25-17-16-24(37(31,32)33)18-26(25)38(34,35)36/h8-18H,5-7H2,1-4H3,(H,31,32,33)(H,34,35,36). The van der Waals surface area contributed by atoms with Gasteiger partial charge in [0.05, 0.1) is 10.6 Å². The van der Waals surface area contributed by atoms with Crippen LogP contribution >= 0.6 is 0 Å². The molecule has 0 aromatic heterocycles. The van der Waals surface area contributed by atoms with E-state index in [-0.39, 0.29) is 5.56 Å². The van der Waals surface area contributed by atoms with Crippen molar-refractivity contribution in [2.75, 3.05) is 24.5 Å². The van der Waals surface area contributed by atoms with E-state index in [4.69, 9.17) is 0 Å². The van der Waals surface area contributed by atoms with E-state index < -0.39 is 30.0 Å². The van der Waals surface area contributed by atoms with E-state index in [1.165, 1.54) is 6.07 Å². The predicted octanol–water partition coefficient (Wildman–Crippen LogP) is 4.83. The fraction of sp³-hybridized carbons (Fsp3) is 0.259. The lowest BCUT2D eigenvalue weighted by molar-refractivity contribution is 0.481. The summed E-state index contributed by atoms with van der Waals surface area (Å²) in [4.78, 5) is 9.56. The van der Waals surface area contributed by atoms with Gasteiger partial charge in [0.15, 0.2) is 0 Å². The monoisotopic (exact) mass is 557 g/mol. The van der Waals surface area contributed by atoms with Gasteiger partial charge in [-0.1, -0.05) is 30.4 Å². The second-order valence-corrected chi connectivity index (χ2v) is 11.2. The number of aliphatic imine (C=N–C) groups is 2. The zero-order valence-electron chi connectivity index (χ0n) is 21.7. The number of hydrogen-bond acceptors (Lipinski definition) is 6. The number of anilines is 1. The first-order chi connectivity index (χ1) is 17.9. The van der Waals surface area contributed by atoms with Crippen LogP contribution in [-0.2, 0) is 20.2 Å². The lowest BCUT2D eigenvalue weighted by Crippen LogP contribution is -2.21. The molecular formula is C27H31N3O6S2. The number of benzene rings is 2. The minimum Gasteiger partial charge on any atom is -0.372 e. The molecule has 0 spiro atoms. The zero-order chi connectivity index (χ0) is 28.1. The van der Waals surface area contributed by atoms with Gasteiger partial charge < -0.3 is 4.90 Å². The SMILES string of the molecule is CCN=C(C)N=C1C=CC(=C(c2ccc(N(CC)CC)cc2)c2ccc(S(=O)(=O)O)cc2S(=O)(=O)O)C=C1. The van der Waals surface area contributed by atoms with Crippen LogP contribution in [0.5, 0.6) is 0 Å². The van der Waals surface area contributed by atoms with Crippen molar-refractivity contribution in [2.45, 2.75) is 37.5 Å². The molecule has 2 N–H and O–H groups in total. The number of hydrogen-bond donors (Lipinski definition) is 2. The normalized spacial score (nSPS) is 14.1. The molecule has 9 nitrogen and oxygen atoms in total. The van der Waals surface area contributed by atoms with Gasteiger partial charge in [0, 0.05) is 30.9 Å². The predicted molar refractivity (Wildman–Crippen MR) is 151 cm³/mol. The highest BCUT2D eigenvalue weighted by Crippen LogP contribution is 2.35. The largest absolute Gasteiger partial charge is 0.372 e. The molecule has 0 amide bonds. The summed E-state index contributed by atoms with van der Waals surface area (Å²) in [6.45, 7) is 10.0. The van der Waals surface area contributed by atoms with Gasteiger partial charge in [0.2, 0.25) is 0 Å². The number of amidine groups is 1. The Morgan fingerprint density at radius 2 is 1.45 bits per heavy atom. The molecule has 202 valence electrons. The molecule has 0 aliphatic heterocycles. The Kier molecular flexibility index (Phi) is 9.21. The topological polar surface area (TPSA) is 137 Å². The summed E-state index contributed by atoms with van der Waals surface area (Å²) in [6, 6.07) is 10.6. The molecule has 2 aromatic rings. The molecule has 0 fully saturated rings. The Labute approximate surface area is 224 Å². The summed E-state index contributed by atoms with van der Waals surface area (Å²) >= 11 is 0. The maximum Gasteiger partial charge on any atom is 0.295 e. The van der Waals surface area contributed by atoms with Gasteiger partial charge >= 0.3 is 0 Å². The van der Waals surface area contributed by atoms with Crippen LogP contribution in [0.4, 0.5) is 5.69 Å². The van der Waals surface area contributed by atoms with Crippen molar-refractivity contribution in [3.05, 3.63) is 83.5 Å². The highest BCUT2D eigenvalue weighted by molar-refractivity contribution is 7.86. The molecule has 2 aromatic carbocycles. The van der Waals surface area contributed by atoms with E-state index in [1.807, 2.05) is 45.0 Å². The summed E-state index contributed by atoms with van der Waals surface area (Å²) in [5.74, 6) is 0.617. The van der Waals surface area contributed by atoms with Crippen LogP contribution in [0.1, 0.15) is 38.8 Å². The Morgan fingerprint density at radius 3 is 1.95 bits per heavy atom. The van der Waals surface area contributed by atoms with Crippen molar-refractivity contribution >= 4 is 43.0 Å². The fourth-order valence-electron chi connectivity index (χ4n) is 4.14. The number of allylic oxidation sites excluding steroid dienone is 5. The summed E-state index contributed by atoms with van der Waals surface area (Å²) in [5.41, 5.74) is 3.39. The lowest BCUT2D eigenvalue weighted by Gasteiger charge is -2.22. The minimum absolute atomic E-state index is 0.0731. The second-order valence-electron chi connectivity index (χ2n) is 8.38. The summed E-state index contributed by atoms with van der Waals surface area (Å²) in [5, 5.41) is 0. The van der Waals surface area contributed by atoms with Crippen LogP contribution in [0.25, 0.3) is 5.57 Å². The van der Waals surface area contributed by atoms with Crippen LogP contribution in [0, 0.1) is 0 Å². The molecule has 0 saturated heterocycles. The summed E-state index contributed by atoms with van der Waals surface area (Å²) in [6.07, 6.45) is 7.04. The third-order valence-electron chi connectivity index (χ3n) is 5.92. The molecule has 0 bridgehead atoms. The van der Waals surface area contributed by atoms with Crippen LogP contribution in [0.2, 0.25) is 0 Å². The average Bonchev–Trinajstić information content (AvgIpc) is 2.86. The van der Waals surface area contributed by atoms with Gasteiger partial charge in [-0.15, -0.1) is 0 Å². The highest BCUT2D eigenvalue weighted by Gasteiger charge is 2.24. The number of rotatable bonds is 8. The van der Waals surface area contributed by atoms with Crippen molar-refractivity contribution in [3.63, 3.8) is 0 Å². The average molecular weight is 558 g/mol. The van der Waals surface area contributed by atoms with Gasteiger partial charge in [-0.25, -0.2) is 4.99 Å². The van der Waals surface area contributed by atoms with Crippen molar-refractivity contribution in [1.82, 2.24) is 0 Å². The van der Waals surface area contributed by atoms with Gasteiger partial charge in [-0.3, -0.25) is 14.1 Å². The Morgan fingerprint density at radius 1 is 0.842 bits per heavy atom.